The molecular formula is C16H18N2O3S. The molecule has 0 atom stereocenters. The molecule has 2 rings (SSSR count). The highest BCUT2D eigenvalue weighted by atomic mass is 32.2. The number of aryl methyl sites for hydroxylation is 2. The smallest absolute Gasteiger partial charge is 0.274 e. The van der Waals surface area contributed by atoms with Crippen LogP contribution in [-0.4, -0.2) is 14.3 Å². The lowest BCUT2D eigenvalue weighted by atomic mass is 10.2. The summed E-state index contributed by atoms with van der Waals surface area (Å²) < 4.78 is 26.5. The second kappa shape index (κ2) is 6.19. The Hall–Kier alpha value is -2.34. The lowest BCUT2D eigenvalue weighted by molar-refractivity contribution is -0.118. The highest BCUT2D eigenvalue weighted by Crippen LogP contribution is 2.23. The SMILES string of the molecule is CC(=O)NN(c1cccc(C)c1)S(=O)(=O)c1ccc(C)cc1. The zero-order valence-corrected chi connectivity index (χ0v) is 13.5. The van der Waals surface area contributed by atoms with Crippen molar-refractivity contribution in [1.29, 1.82) is 0 Å². The first-order valence-corrected chi connectivity index (χ1v) is 8.20. The largest absolute Gasteiger partial charge is 0.281 e. The van der Waals surface area contributed by atoms with Gasteiger partial charge in [-0.2, -0.15) is 12.8 Å². The van der Waals surface area contributed by atoms with Crippen LogP contribution in [0.3, 0.4) is 0 Å². The van der Waals surface area contributed by atoms with Crippen LogP contribution in [0.4, 0.5) is 5.69 Å². The summed E-state index contributed by atoms with van der Waals surface area (Å²) in [6.45, 7) is 5.00. The number of hydrogen-bond acceptors (Lipinski definition) is 3. The Labute approximate surface area is 130 Å². The van der Waals surface area contributed by atoms with E-state index in [9.17, 15) is 13.2 Å². The van der Waals surface area contributed by atoms with Crippen LogP contribution < -0.4 is 9.84 Å². The monoisotopic (exact) mass is 318 g/mol. The molecule has 0 radical (unpaired) electrons. The Morgan fingerprint density at radius 3 is 2.18 bits per heavy atom. The average molecular weight is 318 g/mol. The topological polar surface area (TPSA) is 66.5 Å². The summed E-state index contributed by atoms with van der Waals surface area (Å²) in [4.78, 5) is 11.5. The fourth-order valence-corrected chi connectivity index (χ4v) is 3.31. The van der Waals surface area contributed by atoms with Crippen LogP contribution in [0.15, 0.2) is 53.4 Å². The van der Waals surface area contributed by atoms with Gasteiger partial charge in [0.15, 0.2) is 0 Å². The normalized spacial score (nSPS) is 11.0. The van der Waals surface area contributed by atoms with Crippen LogP contribution in [0.25, 0.3) is 0 Å². The third kappa shape index (κ3) is 3.46. The summed E-state index contributed by atoms with van der Waals surface area (Å²) in [5, 5.41) is 0. The van der Waals surface area contributed by atoms with Gasteiger partial charge >= 0.3 is 0 Å². The number of benzene rings is 2. The minimum Gasteiger partial charge on any atom is -0.274 e. The molecular weight excluding hydrogens is 300 g/mol. The van der Waals surface area contributed by atoms with Crippen LogP contribution in [0.1, 0.15) is 18.1 Å². The summed E-state index contributed by atoms with van der Waals surface area (Å²) in [6.07, 6.45) is 0. The molecule has 2 aromatic rings. The van der Waals surface area contributed by atoms with Gasteiger partial charge in [-0.3, -0.25) is 10.2 Å². The number of sulfonamides is 1. The van der Waals surface area contributed by atoms with E-state index in [0.717, 1.165) is 15.5 Å². The number of carbonyl (C=O) groups is 1. The molecule has 0 aliphatic carbocycles. The van der Waals surface area contributed by atoms with Gasteiger partial charge in [-0.1, -0.05) is 29.8 Å². The Morgan fingerprint density at radius 1 is 1.00 bits per heavy atom. The van der Waals surface area contributed by atoms with Gasteiger partial charge in [0, 0.05) is 6.92 Å². The molecule has 1 N–H and O–H groups in total. The zero-order valence-electron chi connectivity index (χ0n) is 12.7. The Morgan fingerprint density at radius 2 is 1.64 bits per heavy atom. The molecule has 0 aromatic heterocycles. The lowest BCUT2D eigenvalue weighted by Gasteiger charge is -2.24. The van der Waals surface area contributed by atoms with E-state index in [1.165, 1.54) is 19.1 Å². The van der Waals surface area contributed by atoms with Gasteiger partial charge in [0.25, 0.3) is 10.0 Å². The van der Waals surface area contributed by atoms with Crippen molar-refractivity contribution in [2.75, 3.05) is 4.41 Å². The van der Waals surface area contributed by atoms with Crippen LogP contribution in [0, 0.1) is 13.8 Å². The fourth-order valence-electron chi connectivity index (χ4n) is 1.98. The maximum atomic E-state index is 12.8. The first-order chi connectivity index (χ1) is 10.3. The molecule has 22 heavy (non-hydrogen) atoms. The fraction of sp³-hybridized carbons (Fsp3) is 0.188. The minimum atomic E-state index is -3.88. The molecule has 1 amide bonds. The summed E-state index contributed by atoms with van der Waals surface area (Å²) >= 11 is 0. The molecule has 0 bridgehead atoms. The van der Waals surface area contributed by atoms with E-state index in [1.807, 2.05) is 19.9 Å². The van der Waals surface area contributed by atoms with Gasteiger partial charge in [-0.15, -0.1) is 0 Å². The van der Waals surface area contributed by atoms with E-state index in [0.29, 0.717) is 5.69 Å². The van der Waals surface area contributed by atoms with Crippen molar-refractivity contribution in [1.82, 2.24) is 5.43 Å². The molecule has 0 saturated carbocycles. The van der Waals surface area contributed by atoms with Gasteiger partial charge in [-0.05, 0) is 43.7 Å². The number of hydrogen-bond donors (Lipinski definition) is 1. The maximum absolute atomic E-state index is 12.8. The molecule has 116 valence electrons. The number of nitrogens with one attached hydrogen (secondary N) is 1. The molecule has 0 aliphatic rings. The first kappa shape index (κ1) is 16.0. The summed E-state index contributed by atoms with van der Waals surface area (Å²) in [7, 11) is -3.88. The van der Waals surface area contributed by atoms with E-state index in [2.05, 4.69) is 5.43 Å². The highest BCUT2D eigenvalue weighted by molar-refractivity contribution is 7.92. The average Bonchev–Trinajstić information content (AvgIpc) is 2.45. The van der Waals surface area contributed by atoms with E-state index in [4.69, 9.17) is 0 Å². The number of anilines is 1. The van der Waals surface area contributed by atoms with Crippen molar-refractivity contribution in [3.05, 3.63) is 59.7 Å². The number of nitrogens with zero attached hydrogens (tertiary/aromatic N) is 1. The molecule has 0 spiro atoms. The molecule has 0 fully saturated rings. The third-order valence-corrected chi connectivity index (χ3v) is 4.71. The van der Waals surface area contributed by atoms with Crippen molar-refractivity contribution in [3.63, 3.8) is 0 Å². The van der Waals surface area contributed by atoms with Crippen molar-refractivity contribution in [3.8, 4) is 0 Å². The van der Waals surface area contributed by atoms with Crippen molar-refractivity contribution in [2.24, 2.45) is 0 Å². The maximum Gasteiger partial charge on any atom is 0.281 e. The standard InChI is InChI=1S/C16H18N2O3S/c1-12-7-9-16(10-8-12)22(20,21)18(17-14(3)19)15-6-4-5-13(2)11-15/h4-11H,1-3H3,(H,17,19). The first-order valence-electron chi connectivity index (χ1n) is 6.76. The number of rotatable bonds is 4. The molecule has 0 aliphatic heterocycles. The van der Waals surface area contributed by atoms with Crippen molar-refractivity contribution in [2.45, 2.75) is 25.7 Å². The quantitative estimate of drug-likeness (QED) is 0.881. The summed E-state index contributed by atoms with van der Waals surface area (Å²) in [6, 6.07) is 13.4. The van der Waals surface area contributed by atoms with Gasteiger partial charge in [0.05, 0.1) is 10.6 Å². The van der Waals surface area contributed by atoms with Crippen LogP contribution in [0.5, 0.6) is 0 Å². The highest BCUT2D eigenvalue weighted by Gasteiger charge is 2.26. The Balaban J connectivity index is 2.53. The van der Waals surface area contributed by atoms with Gasteiger partial charge in [0.1, 0.15) is 0 Å². The van der Waals surface area contributed by atoms with Gasteiger partial charge < -0.3 is 0 Å². The molecule has 6 heteroatoms. The molecule has 2 aromatic carbocycles. The molecule has 5 nitrogen and oxygen atoms in total. The van der Waals surface area contributed by atoms with E-state index in [1.54, 1.807) is 30.3 Å². The summed E-state index contributed by atoms with van der Waals surface area (Å²) in [5.41, 5.74) is 4.62. The van der Waals surface area contributed by atoms with Crippen LogP contribution >= 0.6 is 0 Å². The van der Waals surface area contributed by atoms with Crippen molar-refractivity contribution >= 4 is 21.6 Å². The van der Waals surface area contributed by atoms with E-state index < -0.39 is 15.9 Å². The predicted molar refractivity (Wildman–Crippen MR) is 85.8 cm³/mol. The predicted octanol–water partition coefficient (Wildman–Crippen LogP) is 2.55. The summed E-state index contributed by atoms with van der Waals surface area (Å²) in [5.74, 6) is -0.461. The number of carbonyl (C=O) groups excluding carboxylic acids is 1. The van der Waals surface area contributed by atoms with Crippen LogP contribution in [0.2, 0.25) is 0 Å². The lowest BCUT2D eigenvalue weighted by Crippen LogP contribution is -2.45. The second-order valence-electron chi connectivity index (χ2n) is 5.09. The number of hydrazine groups is 1. The van der Waals surface area contributed by atoms with E-state index in [-0.39, 0.29) is 4.90 Å². The van der Waals surface area contributed by atoms with Gasteiger partial charge in [-0.25, -0.2) is 0 Å². The minimum absolute atomic E-state index is 0.119. The molecule has 0 heterocycles. The van der Waals surface area contributed by atoms with Crippen LogP contribution in [-0.2, 0) is 14.8 Å². The van der Waals surface area contributed by atoms with E-state index >= 15 is 0 Å². The third-order valence-electron chi connectivity index (χ3n) is 3.05. The Bertz CT molecular complexity index is 783. The number of amides is 1. The zero-order chi connectivity index (χ0) is 16.3. The van der Waals surface area contributed by atoms with Gasteiger partial charge in [0.2, 0.25) is 5.91 Å². The van der Waals surface area contributed by atoms with Crippen molar-refractivity contribution < 1.29 is 13.2 Å². The molecule has 0 saturated heterocycles. The Kier molecular flexibility index (Phi) is 4.51. The second-order valence-corrected chi connectivity index (χ2v) is 6.88. The molecule has 0 unspecified atom stereocenters.